The number of nitrogens with zero attached hydrogens (tertiary/aromatic N) is 2. The maximum absolute atomic E-state index is 12.8. The van der Waals surface area contributed by atoms with Crippen LogP contribution in [0.25, 0.3) is 0 Å². The molecule has 1 atom stereocenters. The number of benzene rings is 1. The van der Waals surface area contributed by atoms with E-state index >= 15 is 0 Å². The van der Waals surface area contributed by atoms with Crippen LogP contribution in [0.1, 0.15) is 44.2 Å². The van der Waals surface area contributed by atoms with E-state index in [0.29, 0.717) is 16.8 Å². The lowest BCUT2D eigenvalue weighted by molar-refractivity contribution is -0.384. The molecule has 0 spiro atoms. The second-order valence-electron chi connectivity index (χ2n) is 6.60. The van der Waals surface area contributed by atoms with Gasteiger partial charge in [-0.3, -0.25) is 10.1 Å². The van der Waals surface area contributed by atoms with Crippen molar-refractivity contribution in [3.8, 4) is 0 Å². The van der Waals surface area contributed by atoms with Crippen LogP contribution in [0.4, 0.5) is 10.5 Å². The van der Waals surface area contributed by atoms with E-state index in [4.69, 9.17) is 4.74 Å². The van der Waals surface area contributed by atoms with Crippen LogP contribution in [0.3, 0.4) is 0 Å². The average molecular weight is 359 g/mol. The number of esters is 1. The zero-order valence-electron chi connectivity index (χ0n) is 14.7. The SMILES string of the molecule is CC1=C(C(=O)OC2CCCC2)[C@@H](c2ccc([N+](=O)[O-])cc2)NC(=O)N1C. The molecule has 1 aromatic rings. The van der Waals surface area contributed by atoms with Crippen molar-refractivity contribution in [1.29, 1.82) is 0 Å². The topological polar surface area (TPSA) is 102 Å². The molecular formula is C18H21N3O5. The van der Waals surface area contributed by atoms with Crippen LogP contribution in [0, 0.1) is 10.1 Å². The number of nitro benzene ring substituents is 1. The van der Waals surface area contributed by atoms with Crippen LogP contribution in [0.5, 0.6) is 0 Å². The van der Waals surface area contributed by atoms with Gasteiger partial charge in [0.2, 0.25) is 0 Å². The van der Waals surface area contributed by atoms with Crippen molar-refractivity contribution in [2.75, 3.05) is 7.05 Å². The molecule has 3 rings (SSSR count). The fraction of sp³-hybridized carbons (Fsp3) is 0.444. The molecule has 8 heteroatoms. The Labute approximate surface area is 151 Å². The second-order valence-corrected chi connectivity index (χ2v) is 6.60. The standard InChI is InChI=1S/C18H21N3O5/c1-11-15(17(22)26-14-5-3-4-6-14)16(19-18(23)20(11)2)12-7-9-13(10-8-12)21(24)25/h7-10,14,16H,3-6H2,1-2H3,(H,19,23)/t16-/m1/s1. The van der Waals surface area contributed by atoms with Crippen LogP contribution in [-0.4, -0.2) is 35.0 Å². The van der Waals surface area contributed by atoms with Crippen LogP contribution in [0.15, 0.2) is 35.5 Å². The molecule has 1 N–H and O–H groups in total. The third-order valence-corrected chi connectivity index (χ3v) is 4.99. The van der Waals surface area contributed by atoms with Crippen LogP contribution in [0.2, 0.25) is 0 Å². The summed E-state index contributed by atoms with van der Waals surface area (Å²) in [6, 6.07) is 4.76. The first-order valence-corrected chi connectivity index (χ1v) is 8.59. The molecule has 1 aromatic carbocycles. The fourth-order valence-electron chi connectivity index (χ4n) is 3.36. The number of carbonyl (C=O) groups excluding carboxylic acids is 2. The van der Waals surface area contributed by atoms with E-state index in [0.717, 1.165) is 25.7 Å². The molecule has 2 amide bonds. The first-order valence-electron chi connectivity index (χ1n) is 8.59. The Morgan fingerprint density at radius 2 is 1.88 bits per heavy atom. The summed E-state index contributed by atoms with van der Waals surface area (Å²) in [6.45, 7) is 1.70. The van der Waals surface area contributed by atoms with Crippen LogP contribution < -0.4 is 5.32 Å². The van der Waals surface area contributed by atoms with Crippen molar-refractivity contribution in [1.82, 2.24) is 10.2 Å². The number of hydrogen-bond donors (Lipinski definition) is 1. The molecule has 0 unspecified atom stereocenters. The lowest BCUT2D eigenvalue weighted by atomic mass is 9.95. The molecule has 0 saturated heterocycles. The number of amides is 2. The molecule has 26 heavy (non-hydrogen) atoms. The van der Waals surface area contributed by atoms with E-state index in [9.17, 15) is 19.7 Å². The van der Waals surface area contributed by atoms with Crippen molar-refractivity contribution < 1.29 is 19.2 Å². The van der Waals surface area contributed by atoms with Crippen LogP contribution in [-0.2, 0) is 9.53 Å². The third kappa shape index (κ3) is 3.40. The summed E-state index contributed by atoms with van der Waals surface area (Å²) in [6.07, 6.45) is 3.69. The van der Waals surface area contributed by atoms with E-state index in [1.807, 2.05) is 0 Å². The zero-order valence-corrected chi connectivity index (χ0v) is 14.7. The molecule has 1 saturated carbocycles. The van der Waals surface area contributed by atoms with Gasteiger partial charge >= 0.3 is 12.0 Å². The number of hydrogen-bond acceptors (Lipinski definition) is 5. The second kappa shape index (κ2) is 7.15. The highest BCUT2D eigenvalue weighted by atomic mass is 16.6. The van der Waals surface area contributed by atoms with Gasteiger partial charge in [0.1, 0.15) is 6.10 Å². The lowest BCUT2D eigenvalue weighted by Gasteiger charge is -2.33. The fourth-order valence-corrected chi connectivity index (χ4v) is 3.36. The summed E-state index contributed by atoms with van der Waals surface area (Å²) < 4.78 is 5.64. The van der Waals surface area contributed by atoms with Gasteiger partial charge in [-0.15, -0.1) is 0 Å². The van der Waals surface area contributed by atoms with Crippen LogP contribution >= 0.6 is 0 Å². The number of rotatable bonds is 4. The number of urea groups is 1. The summed E-state index contributed by atoms with van der Waals surface area (Å²) in [5.41, 5.74) is 1.41. The molecule has 0 radical (unpaired) electrons. The van der Waals surface area contributed by atoms with Gasteiger partial charge in [0.05, 0.1) is 16.5 Å². The molecule has 1 aliphatic carbocycles. The number of ether oxygens (including phenoxy) is 1. The molecule has 1 aliphatic heterocycles. The smallest absolute Gasteiger partial charge is 0.338 e. The van der Waals surface area contributed by atoms with Gasteiger partial charge in [0.15, 0.2) is 0 Å². The van der Waals surface area contributed by atoms with E-state index in [1.54, 1.807) is 26.1 Å². The number of non-ortho nitro benzene ring substituents is 1. The molecular weight excluding hydrogens is 338 g/mol. The van der Waals surface area contributed by atoms with Gasteiger partial charge < -0.3 is 15.0 Å². The minimum Gasteiger partial charge on any atom is -0.459 e. The average Bonchev–Trinajstić information content (AvgIpc) is 3.12. The summed E-state index contributed by atoms with van der Waals surface area (Å²) in [7, 11) is 1.58. The highest BCUT2D eigenvalue weighted by molar-refractivity contribution is 5.95. The Bertz CT molecular complexity index is 766. The maximum atomic E-state index is 12.8. The normalized spacial score (nSPS) is 20.9. The summed E-state index contributed by atoms with van der Waals surface area (Å²) in [4.78, 5) is 36.7. The largest absolute Gasteiger partial charge is 0.459 e. The maximum Gasteiger partial charge on any atom is 0.338 e. The summed E-state index contributed by atoms with van der Waals surface area (Å²) in [5.74, 6) is -0.454. The number of nitro groups is 1. The first kappa shape index (κ1) is 17.9. The molecule has 0 aromatic heterocycles. The minimum absolute atomic E-state index is 0.0520. The molecule has 1 heterocycles. The monoisotopic (exact) mass is 359 g/mol. The highest BCUT2D eigenvalue weighted by Crippen LogP contribution is 2.33. The predicted octanol–water partition coefficient (Wildman–Crippen LogP) is 3.05. The molecule has 2 aliphatic rings. The first-order chi connectivity index (χ1) is 12.4. The van der Waals surface area contributed by atoms with Gasteiger partial charge in [-0.2, -0.15) is 0 Å². The number of carbonyl (C=O) groups is 2. The van der Waals surface area contributed by atoms with Crippen molar-refractivity contribution in [2.45, 2.75) is 44.8 Å². The van der Waals surface area contributed by atoms with E-state index < -0.39 is 16.9 Å². The van der Waals surface area contributed by atoms with Gasteiger partial charge in [-0.1, -0.05) is 0 Å². The molecule has 1 fully saturated rings. The van der Waals surface area contributed by atoms with Crippen molar-refractivity contribution in [2.24, 2.45) is 0 Å². The van der Waals surface area contributed by atoms with Crippen molar-refractivity contribution in [3.05, 3.63) is 51.2 Å². The summed E-state index contributed by atoms with van der Waals surface area (Å²) >= 11 is 0. The Morgan fingerprint density at radius 3 is 2.46 bits per heavy atom. The zero-order chi connectivity index (χ0) is 18.8. The minimum atomic E-state index is -0.701. The molecule has 0 bridgehead atoms. The van der Waals surface area contributed by atoms with E-state index in [2.05, 4.69) is 5.32 Å². The van der Waals surface area contributed by atoms with Crippen molar-refractivity contribution in [3.63, 3.8) is 0 Å². The lowest BCUT2D eigenvalue weighted by Crippen LogP contribution is -2.46. The van der Waals surface area contributed by atoms with Gasteiger partial charge in [0.25, 0.3) is 5.69 Å². The Kier molecular flexibility index (Phi) is 4.92. The van der Waals surface area contributed by atoms with E-state index in [1.165, 1.54) is 17.0 Å². The predicted molar refractivity (Wildman–Crippen MR) is 93.2 cm³/mol. The Hall–Kier alpha value is -2.90. The van der Waals surface area contributed by atoms with Gasteiger partial charge in [-0.25, -0.2) is 9.59 Å². The van der Waals surface area contributed by atoms with Crippen molar-refractivity contribution >= 4 is 17.7 Å². The van der Waals surface area contributed by atoms with Gasteiger partial charge in [0, 0.05) is 24.9 Å². The number of allylic oxidation sites excluding steroid dienone is 1. The third-order valence-electron chi connectivity index (χ3n) is 4.99. The van der Waals surface area contributed by atoms with Gasteiger partial charge in [-0.05, 0) is 50.3 Å². The quantitative estimate of drug-likeness (QED) is 0.506. The Morgan fingerprint density at radius 1 is 1.27 bits per heavy atom. The van der Waals surface area contributed by atoms with E-state index in [-0.39, 0.29) is 17.8 Å². The Balaban J connectivity index is 1.93. The summed E-state index contributed by atoms with van der Waals surface area (Å²) in [5, 5.41) is 13.6. The number of nitrogens with one attached hydrogen (secondary N) is 1. The molecule has 8 nitrogen and oxygen atoms in total. The highest BCUT2D eigenvalue weighted by Gasteiger charge is 2.36. The molecule has 138 valence electrons.